The molecule has 2 aromatic rings. The predicted molar refractivity (Wildman–Crippen MR) is 105 cm³/mol. The van der Waals surface area contributed by atoms with Crippen LogP contribution in [0.15, 0.2) is 36.5 Å². The number of hydrogen-bond donors (Lipinski definition) is 3. The fraction of sp³-hybridized carbons (Fsp3) is 0.400. The Morgan fingerprint density at radius 3 is 2.79 bits per heavy atom. The van der Waals surface area contributed by atoms with Crippen molar-refractivity contribution >= 4 is 23.2 Å². The Morgan fingerprint density at radius 1 is 1.21 bits per heavy atom. The third-order valence-electron chi connectivity index (χ3n) is 5.51. The average Bonchev–Trinajstić information content (AvgIpc) is 3.17. The van der Waals surface area contributed by atoms with E-state index in [4.69, 9.17) is 21.1 Å². The van der Waals surface area contributed by atoms with Crippen LogP contribution in [0.3, 0.4) is 0 Å². The number of carbonyl (C=O) groups excluding carboxylic acids is 1. The van der Waals surface area contributed by atoms with Crippen LogP contribution in [-0.4, -0.2) is 49.9 Å². The van der Waals surface area contributed by atoms with E-state index in [-0.39, 0.29) is 11.9 Å². The van der Waals surface area contributed by atoms with E-state index < -0.39 is 0 Å². The van der Waals surface area contributed by atoms with E-state index in [0.717, 1.165) is 44.2 Å². The van der Waals surface area contributed by atoms with Crippen LogP contribution in [0, 0.1) is 0 Å². The molecule has 1 amide bonds. The first-order valence-electron chi connectivity index (χ1n) is 9.58. The van der Waals surface area contributed by atoms with Crippen molar-refractivity contribution < 1.29 is 24.1 Å². The van der Waals surface area contributed by atoms with E-state index >= 15 is 0 Å². The van der Waals surface area contributed by atoms with Crippen molar-refractivity contribution in [2.45, 2.75) is 19.5 Å². The molecule has 0 saturated carbocycles. The van der Waals surface area contributed by atoms with Gasteiger partial charge in [0.1, 0.15) is 32.7 Å². The molecular weight excluding hydrogens is 380 g/mol. The molecule has 1 fully saturated rings. The molecule has 28 heavy (non-hydrogen) atoms. The molecule has 0 radical (unpaired) electrons. The number of hydrogen-bond acceptors (Lipinski definition) is 4. The van der Waals surface area contributed by atoms with Crippen LogP contribution in [-0.2, 0) is 11.3 Å². The highest BCUT2D eigenvalue weighted by Gasteiger charge is 2.31. The molecule has 2 aliphatic heterocycles. The van der Waals surface area contributed by atoms with Crippen molar-refractivity contribution in [2.24, 2.45) is 0 Å². The molecule has 3 N–H and O–H groups in total. The van der Waals surface area contributed by atoms with Crippen molar-refractivity contribution in [1.82, 2.24) is 4.98 Å². The fourth-order valence-electron chi connectivity index (χ4n) is 3.78. The number of rotatable bonds is 5. The van der Waals surface area contributed by atoms with E-state index in [1.807, 2.05) is 13.0 Å². The number of halogens is 1. The van der Waals surface area contributed by atoms with Crippen LogP contribution in [0.2, 0.25) is 5.15 Å². The first-order valence-corrected chi connectivity index (χ1v) is 9.96. The number of carbonyl (C=O) groups is 1. The molecule has 8 heteroatoms. The second kappa shape index (κ2) is 8.34. The standard InChI is InChI=1S/C20H23ClN4O3/c1-14(20(26)23-16-3-2-6-22-19(16)21)25-9-7-24(8-10-25)12-15-4-5-17-18(11-15)28-13-27-17/h2-6,11,14H,7-10,12-13H2,1H3,(H,23,26)/p+2/t14-/m1/s1. The van der Waals surface area contributed by atoms with Gasteiger partial charge in [-0.05, 0) is 37.3 Å². The maximum atomic E-state index is 12.6. The summed E-state index contributed by atoms with van der Waals surface area (Å²) in [5.74, 6) is 1.63. The Bertz CT molecular complexity index is 855. The molecule has 1 atom stereocenters. The van der Waals surface area contributed by atoms with Gasteiger partial charge in [-0.1, -0.05) is 11.6 Å². The first-order chi connectivity index (χ1) is 13.6. The number of pyridine rings is 1. The maximum absolute atomic E-state index is 12.6. The van der Waals surface area contributed by atoms with E-state index in [0.29, 0.717) is 17.6 Å². The smallest absolute Gasteiger partial charge is 0.282 e. The second-order valence-corrected chi connectivity index (χ2v) is 7.68. The molecule has 7 nitrogen and oxygen atoms in total. The molecule has 0 unspecified atom stereocenters. The first kappa shape index (κ1) is 19.0. The highest BCUT2D eigenvalue weighted by Crippen LogP contribution is 2.32. The largest absolute Gasteiger partial charge is 0.454 e. The molecule has 4 rings (SSSR count). The SMILES string of the molecule is C[C@H](C(=O)Nc1cccnc1Cl)[NH+]1CC[NH+](Cc2ccc3c(c2)OCO3)CC1. The fourth-order valence-corrected chi connectivity index (χ4v) is 3.95. The number of benzene rings is 1. The van der Waals surface area contributed by atoms with E-state index in [1.165, 1.54) is 15.4 Å². The van der Waals surface area contributed by atoms with Crippen LogP contribution >= 0.6 is 11.6 Å². The van der Waals surface area contributed by atoms with Gasteiger partial charge >= 0.3 is 0 Å². The summed E-state index contributed by atoms with van der Waals surface area (Å²) in [7, 11) is 0. The molecule has 0 spiro atoms. The third-order valence-corrected chi connectivity index (χ3v) is 5.81. The van der Waals surface area contributed by atoms with E-state index in [9.17, 15) is 4.79 Å². The van der Waals surface area contributed by atoms with Gasteiger partial charge in [0.15, 0.2) is 22.7 Å². The molecule has 3 heterocycles. The Labute approximate surface area is 169 Å². The van der Waals surface area contributed by atoms with Gasteiger partial charge in [0.05, 0.1) is 5.69 Å². The highest BCUT2D eigenvalue weighted by atomic mass is 35.5. The van der Waals surface area contributed by atoms with Gasteiger partial charge in [-0.2, -0.15) is 0 Å². The van der Waals surface area contributed by atoms with Crippen molar-refractivity contribution in [2.75, 3.05) is 38.3 Å². The third kappa shape index (κ3) is 4.22. The summed E-state index contributed by atoms with van der Waals surface area (Å²) >= 11 is 6.04. The normalized spacial score (nSPS) is 21.9. The van der Waals surface area contributed by atoms with Crippen LogP contribution < -0.4 is 24.6 Å². The van der Waals surface area contributed by atoms with Crippen LogP contribution in [0.25, 0.3) is 0 Å². The highest BCUT2D eigenvalue weighted by molar-refractivity contribution is 6.32. The summed E-state index contributed by atoms with van der Waals surface area (Å²) in [6, 6.07) is 9.55. The van der Waals surface area contributed by atoms with Gasteiger partial charge in [-0.25, -0.2) is 4.98 Å². The molecular formula is C20H25ClN4O3+2. The Morgan fingerprint density at radius 2 is 2.00 bits per heavy atom. The summed E-state index contributed by atoms with van der Waals surface area (Å²) in [6.45, 7) is 7.18. The molecule has 1 aromatic heterocycles. The van der Waals surface area contributed by atoms with Gasteiger partial charge < -0.3 is 24.6 Å². The summed E-state index contributed by atoms with van der Waals surface area (Å²) in [4.78, 5) is 19.4. The quantitative estimate of drug-likeness (QED) is 0.602. The van der Waals surface area contributed by atoms with Gasteiger partial charge in [0, 0.05) is 11.8 Å². The molecule has 0 aliphatic carbocycles. The van der Waals surface area contributed by atoms with Gasteiger partial charge in [-0.3, -0.25) is 4.79 Å². The lowest BCUT2D eigenvalue weighted by atomic mass is 10.1. The number of ether oxygens (including phenoxy) is 2. The minimum absolute atomic E-state index is 0.0240. The Hall–Kier alpha value is -2.35. The van der Waals surface area contributed by atoms with Crippen molar-refractivity contribution in [3.8, 4) is 11.5 Å². The number of amides is 1. The van der Waals surface area contributed by atoms with E-state index in [1.54, 1.807) is 18.3 Å². The molecule has 1 aromatic carbocycles. The van der Waals surface area contributed by atoms with Gasteiger partial charge in [0.25, 0.3) is 5.91 Å². The zero-order valence-electron chi connectivity index (χ0n) is 15.8. The number of fused-ring (bicyclic) bond motifs is 1. The van der Waals surface area contributed by atoms with Crippen LogP contribution in [0.5, 0.6) is 11.5 Å². The van der Waals surface area contributed by atoms with Gasteiger partial charge in [-0.15, -0.1) is 0 Å². The Kier molecular flexibility index (Phi) is 5.66. The van der Waals surface area contributed by atoms with Crippen molar-refractivity contribution in [3.05, 3.63) is 47.2 Å². The Balaban J connectivity index is 1.28. The zero-order valence-corrected chi connectivity index (χ0v) is 16.6. The summed E-state index contributed by atoms with van der Waals surface area (Å²) in [6.07, 6.45) is 1.61. The number of nitrogens with zero attached hydrogens (tertiary/aromatic N) is 1. The van der Waals surface area contributed by atoms with E-state index in [2.05, 4.69) is 22.4 Å². The number of piperazine rings is 1. The molecule has 1 saturated heterocycles. The number of nitrogens with one attached hydrogen (secondary N) is 3. The lowest BCUT2D eigenvalue weighted by Gasteiger charge is -2.32. The number of anilines is 1. The minimum Gasteiger partial charge on any atom is -0.454 e. The summed E-state index contributed by atoms with van der Waals surface area (Å²) < 4.78 is 10.8. The molecule has 0 bridgehead atoms. The summed E-state index contributed by atoms with van der Waals surface area (Å²) in [5.41, 5.74) is 1.81. The average molecular weight is 405 g/mol. The lowest BCUT2D eigenvalue weighted by molar-refractivity contribution is -1.02. The predicted octanol–water partition coefficient (Wildman–Crippen LogP) is -0.226. The van der Waals surface area contributed by atoms with Gasteiger partial charge in [0.2, 0.25) is 6.79 Å². The minimum atomic E-state index is -0.136. The maximum Gasteiger partial charge on any atom is 0.282 e. The number of quaternary nitrogens is 2. The zero-order chi connectivity index (χ0) is 19.5. The van der Waals surface area contributed by atoms with Crippen molar-refractivity contribution in [3.63, 3.8) is 0 Å². The monoisotopic (exact) mass is 404 g/mol. The second-order valence-electron chi connectivity index (χ2n) is 7.33. The topological polar surface area (TPSA) is 69.3 Å². The summed E-state index contributed by atoms with van der Waals surface area (Å²) in [5, 5.41) is 3.21. The lowest BCUT2D eigenvalue weighted by Crippen LogP contribution is -3.29. The van der Waals surface area contributed by atoms with Crippen LogP contribution in [0.4, 0.5) is 5.69 Å². The van der Waals surface area contributed by atoms with Crippen molar-refractivity contribution in [1.29, 1.82) is 0 Å². The molecule has 148 valence electrons. The van der Waals surface area contributed by atoms with Crippen LogP contribution in [0.1, 0.15) is 12.5 Å². The molecule has 2 aliphatic rings. The number of aromatic nitrogens is 1.